The molecule has 0 bridgehead atoms. The van der Waals surface area contributed by atoms with Crippen molar-refractivity contribution in [2.45, 2.75) is 32.1 Å². The van der Waals surface area contributed by atoms with Crippen LogP contribution in [0.2, 0.25) is 0 Å². The number of halogens is 3. The molecule has 2 aromatic heterocycles. The van der Waals surface area contributed by atoms with E-state index >= 15 is 0 Å². The maximum atomic E-state index is 12.7. The summed E-state index contributed by atoms with van der Waals surface area (Å²) in [6.45, 7) is 1.30. The molecule has 0 aliphatic heterocycles. The molecule has 0 aliphatic carbocycles. The number of rotatable bonds is 7. The van der Waals surface area contributed by atoms with E-state index in [1.807, 2.05) is 6.26 Å². The molecule has 0 saturated heterocycles. The number of hydrogen-bond acceptors (Lipinski definition) is 5. The van der Waals surface area contributed by atoms with E-state index in [4.69, 9.17) is 0 Å². The Morgan fingerprint density at radius 2 is 2.08 bits per heavy atom. The van der Waals surface area contributed by atoms with Gasteiger partial charge in [0.1, 0.15) is 6.04 Å². The standard InChI is InChI=1S/C15H18F3N5O2S/c1-9(24)20-11(4-6-26-2)14(25)19-8-13-22-21-12-7-10(15(16,17)18)3-5-23(12)13/h3,5,7,11H,4,6,8H2,1-2H3,(H,19,25)(H,20,24). The highest BCUT2D eigenvalue weighted by Crippen LogP contribution is 2.29. The second-order valence-electron chi connectivity index (χ2n) is 5.51. The third-order valence-corrected chi connectivity index (χ3v) is 4.18. The Morgan fingerprint density at radius 1 is 1.35 bits per heavy atom. The van der Waals surface area contributed by atoms with Crippen molar-refractivity contribution in [3.05, 3.63) is 29.7 Å². The van der Waals surface area contributed by atoms with Gasteiger partial charge in [-0.2, -0.15) is 24.9 Å². The average Bonchev–Trinajstić information content (AvgIpc) is 2.97. The first kappa shape index (κ1) is 20.0. The van der Waals surface area contributed by atoms with Crippen LogP contribution in [0.25, 0.3) is 5.65 Å². The number of alkyl halides is 3. The fraction of sp³-hybridized carbons (Fsp3) is 0.467. The van der Waals surface area contributed by atoms with Gasteiger partial charge < -0.3 is 10.6 Å². The monoisotopic (exact) mass is 389 g/mol. The van der Waals surface area contributed by atoms with E-state index in [-0.39, 0.29) is 23.9 Å². The van der Waals surface area contributed by atoms with Crippen molar-refractivity contribution in [1.82, 2.24) is 25.2 Å². The summed E-state index contributed by atoms with van der Waals surface area (Å²) in [5.41, 5.74) is -0.791. The van der Waals surface area contributed by atoms with Gasteiger partial charge in [0.15, 0.2) is 11.5 Å². The number of carbonyl (C=O) groups excluding carboxylic acids is 2. The lowest BCUT2D eigenvalue weighted by atomic mass is 10.2. The fourth-order valence-corrected chi connectivity index (χ4v) is 2.75. The van der Waals surface area contributed by atoms with Gasteiger partial charge in [0.05, 0.1) is 12.1 Å². The number of nitrogens with one attached hydrogen (secondary N) is 2. The number of hydrogen-bond donors (Lipinski definition) is 2. The minimum atomic E-state index is -4.47. The molecule has 0 radical (unpaired) electrons. The molecule has 2 aromatic rings. The van der Waals surface area contributed by atoms with Gasteiger partial charge >= 0.3 is 6.18 Å². The summed E-state index contributed by atoms with van der Waals surface area (Å²) in [5, 5.41) is 12.7. The van der Waals surface area contributed by atoms with Crippen LogP contribution in [0.1, 0.15) is 24.7 Å². The maximum absolute atomic E-state index is 12.7. The van der Waals surface area contributed by atoms with Crippen molar-refractivity contribution in [3.8, 4) is 0 Å². The normalized spacial score (nSPS) is 12.8. The van der Waals surface area contributed by atoms with E-state index < -0.39 is 23.7 Å². The smallest absolute Gasteiger partial charge is 0.347 e. The number of fused-ring (bicyclic) bond motifs is 1. The molecule has 142 valence electrons. The van der Waals surface area contributed by atoms with Crippen molar-refractivity contribution < 1.29 is 22.8 Å². The van der Waals surface area contributed by atoms with Gasteiger partial charge in [0.2, 0.25) is 11.8 Å². The first-order valence-electron chi connectivity index (χ1n) is 7.67. The Morgan fingerprint density at radius 3 is 2.69 bits per heavy atom. The van der Waals surface area contributed by atoms with Crippen LogP contribution in [0.5, 0.6) is 0 Å². The van der Waals surface area contributed by atoms with Crippen molar-refractivity contribution in [1.29, 1.82) is 0 Å². The number of pyridine rings is 1. The van der Waals surface area contributed by atoms with E-state index in [2.05, 4.69) is 20.8 Å². The van der Waals surface area contributed by atoms with E-state index in [9.17, 15) is 22.8 Å². The number of amides is 2. The van der Waals surface area contributed by atoms with Crippen LogP contribution in [0.15, 0.2) is 18.3 Å². The maximum Gasteiger partial charge on any atom is 0.416 e. The summed E-state index contributed by atoms with van der Waals surface area (Å²) in [6.07, 6.45) is -0.911. The molecule has 2 rings (SSSR count). The van der Waals surface area contributed by atoms with Crippen molar-refractivity contribution in [3.63, 3.8) is 0 Å². The molecule has 26 heavy (non-hydrogen) atoms. The fourth-order valence-electron chi connectivity index (χ4n) is 2.28. The molecule has 2 amide bonds. The molecule has 2 heterocycles. The average molecular weight is 389 g/mol. The molecule has 0 aliphatic rings. The highest BCUT2D eigenvalue weighted by molar-refractivity contribution is 7.98. The van der Waals surface area contributed by atoms with Crippen LogP contribution >= 0.6 is 11.8 Å². The summed E-state index contributed by atoms with van der Waals surface area (Å²) in [7, 11) is 0. The van der Waals surface area contributed by atoms with Gasteiger partial charge in [0.25, 0.3) is 0 Å². The lowest BCUT2D eigenvalue weighted by Gasteiger charge is -2.16. The van der Waals surface area contributed by atoms with Gasteiger partial charge in [0, 0.05) is 13.1 Å². The Kier molecular flexibility index (Phi) is 6.46. The molecule has 11 heteroatoms. The predicted molar refractivity (Wildman–Crippen MR) is 90.4 cm³/mol. The highest BCUT2D eigenvalue weighted by Gasteiger charge is 2.31. The van der Waals surface area contributed by atoms with E-state index in [1.165, 1.54) is 17.5 Å². The lowest BCUT2D eigenvalue weighted by molar-refractivity contribution is -0.137. The zero-order valence-electron chi connectivity index (χ0n) is 14.1. The van der Waals surface area contributed by atoms with Crippen LogP contribution in [-0.4, -0.2) is 44.5 Å². The van der Waals surface area contributed by atoms with Crippen LogP contribution < -0.4 is 10.6 Å². The minimum Gasteiger partial charge on any atom is -0.347 e. The summed E-state index contributed by atoms with van der Waals surface area (Å²) in [5.74, 6) is 0.261. The van der Waals surface area contributed by atoms with E-state index in [1.54, 1.807) is 11.8 Å². The topological polar surface area (TPSA) is 88.4 Å². The van der Waals surface area contributed by atoms with Gasteiger partial charge in [-0.05, 0) is 30.6 Å². The van der Waals surface area contributed by atoms with Crippen molar-refractivity contribution >= 4 is 29.2 Å². The molecule has 0 fully saturated rings. The van der Waals surface area contributed by atoms with Crippen LogP contribution in [0, 0.1) is 0 Å². The number of nitrogens with zero attached hydrogens (tertiary/aromatic N) is 3. The summed E-state index contributed by atoms with van der Waals surface area (Å²) in [6, 6.07) is 1.12. The SMILES string of the molecule is CSCCC(NC(C)=O)C(=O)NCc1nnc2cc(C(F)(F)F)ccn12. The number of aromatic nitrogens is 3. The quantitative estimate of drug-likeness (QED) is 0.751. The van der Waals surface area contributed by atoms with Gasteiger partial charge in [-0.25, -0.2) is 0 Å². The predicted octanol–water partition coefficient (Wildman–Crippen LogP) is 1.62. The zero-order chi connectivity index (χ0) is 19.3. The molecular formula is C15H18F3N5O2S. The van der Waals surface area contributed by atoms with Crippen molar-refractivity contribution in [2.75, 3.05) is 12.0 Å². The highest BCUT2D eigenvalue weighted by atomic mass is 32.2. The molecule has 0 aromatic carbocycles. The third-order valence-electron chi connectivity index (χ3n) is 3.53. The van der Waals surface area contributed by atoms with Gasteiger partial charge in [-0.3, -0.25) is 14.0 Å². The summed E-state index contributed by atoms with van der Waals surface area (Å²) >= 11 is 1.55. The van der Waals surface area contributed by atoms with Gasteiger partial charge in [-0.15, -0.1) is 10.2 Å². The van der Waals surface area contributed by atoms with E-state index in [0.29, 0.717) is 12.2 Å². The number of carbonyl (C=O) groups is 2. The Balaban J connectivity index is 2.08. The zero-order valence-corrected chi connectivity index (χ0v) is 14.9. The van der Waals surface area contributed by atoms with Gasteiger partial charge in [-0.1, -0.05) is 0 Å². The van der Waals surface area contributed by atoms with Crippen LogP contribution in [0.4, 0.5) is 13.2 Å². The molecule has 1 unspecified atom stereocenters. The molecule has 2 N–H and O–H groups in total. The second kappa shape index (κ2) is 8.39. The van der Waals surface area contributed by atoms with Crippen LogP contribution in [0.3, 0.4) is 0 Å². The molecular weight excluding hydrogens is 371 g/mol. The first-order chi connectivity index (χ1) is 12.2. The molecule has 0 saturated carbocycles. The largest absolute Gasteiger partial charge is 0.416 e. The van der Waals surface area contributed by atoms with E-state index in [0.717, 1.165) is 12.1 Å². The minimum absolute atomic E-state index is 0.0271. The summed E-state index contributed by atoms with van der Waals surface area (Å²) in [4.78, 5) is 23.5. The lowest BCUT2D eigenvalue weighted by Crippen LogP contribution is -2.46. The number of thioether (sulfide) groups is 1. The molecule has 7 nitrogen and oxygen atoms in total. The second-order valence-corrected chi connectivity index (χ2v) is 6.50. The molecule has 1 atom stereocenters. The first-order valence-corrected chi connectivity index (χ1v) is 9.06. The Labute approximate surface area is 151 Å². The summed E-state index contributed by atoms with van der Waals surface area (Å²) < 4.78 is 39.5. The Hall–Kier alpha value is -2.30. The third kappa shape index (κ3) is 5.10. The Bertz CT molecular complexity index is 793. The van der Waals surface area contributed by atoms with Crippen molar-refractivity contribution in [2.24, 2.45) is 0 Å². The van der Waals surface area contributed by atoms with Crippen LogP contribution in [-0.2, 0) is 22.3 Å². The molecule has 0 spiro atoms.